The quantitative estimate of drug-likeness (QED) is 0.189. The second kappa shape index (κ2) is 11.4. The molecule has 0 aliphatic carbocycles. The van der Waals surface area contributed by atoms with E-state index in [9.17, 15) is 17.6 Å². The normalized spacial score (nSPS) is 11.3. The molecule has 0 saturated carbocycles. The lowest BCUT2D eigenvalue weighted by Gasteiger charge is -2.08. The summed E-state index contributed by atoms with van der Waals surface area (Å²) in [5, 5.41) is 5.50. The largest absolute Gasteiger partial charge is 0.416 e. The van der Waals surface area contributed by atoms with Gasteiger partial charge in [-0.1, -0.05) is 37.3 Å². The monoisotopic (exact) mass is 549 g/mol. The van der Waals surface area contributed by atoms with Gasteiger partial charge >= 0.3 is 12.3 Å². The van der Waals surface area contributed by atoms with Crippen molar-refractivity contribution in [1.29, 1.82) is 0 Å². The van der Waals surface area contributed by atoms with Gasteiger partial charge in [0.1, 0.15) is 5.82 Å². The predicted octanol–water partition coefficient (Wildman–Crippen LogP) is 7.66. The number of halogens is 4. The van der Waals surface area contributed by atoms with Crippen molar-refractivity contribution >= 4 is 29.3 Å². The number of nitrogens with zero attached hydrogens (tertiary/aromatic N) is 3. The minimum absolute atomic E-state index is 0.217. The van der Waals surface area contributed by atoms with Crippen LogP contribution in [0.5, 0.6) is 0 Å². The van der Waals surface area contributed by atoms with Crippen LogP contribution in [0.3, 0.4) is 0 Å². The lowest BCUT2D eigenvalue weighted by atomic mass is 10.0. The molecule has 0 unspecified atom stereocenters. The lowest BCUT2D eigenvalue weighted by molar-refractivity contribution is -0.191. The van der Waals surface area contributed by atoms with Crippen LogP contribution in [0, 0.1) is 26.6 Å². The summed E-state index contributed by atoms with van der Waals surface area (Å²) in [6.45, 7) is 9.45. The van der Waals surface area contributed by atoms with Gasteiger partial charge in [0.25, 0.3) is 0 Å². The van der Waals surface area contributed by atoms with Crippen LogP contribution in [-0.2, 0) is 15.8 Å². The summed E-state index contributed by atoms with van der Waals surface area (Å²) in [6.07, 6.45) is -2.28. The zero-order valence-corrected chi connectivity index (χ0v) is 22.2. The zero-order chi connectivity index (χ0) is 27.5. The third-order valence-corrected chi connectivity index (χ3v) is 7.51. The standard InChI is InChI=1S/C25H23F4N3S2.CO2/c1-13(2)33-23-22(17-6-8-19(9-7-17)25(27,28)29)30-24(34-23)32-12-20(16(5)31-32)18-10-14(3)21(26)15(4)11-18;2-1-3/h6-13H,1-5H3;. The molecule has 2 heterocycles. The Morgan fingerprint density at radius 3 is 2.08 bits per heavy atom. The maximum atomic E-state index is 14.1. The molecule has 0 fully saturated rings. The van der Waals surface area contributed by atoms with E-state index in [1.165, 1.54) is 23.5 Å². The molecule has 0 aliphatic rings. The van der Waals surface area contributed by atoms with Crippen LogP contribution >= 0.6 is 23.1 Å². The van der Waals surface area contributed by atoms with Crippen LogP contribution in [0.4, 0.5) is 17.6 Å². The number of hydrogen-bond donors (Lipinski definition) is 0. The van der Waals surface area contributed by atoms with E-state index in [2.05, 4.69) is 18.9 Å². The Morgan fingerprint density at radius 1 is 1.00 bits per heavy atom. The molecule has 4 aromatic rings. The topological polar surface area (TPSA) is 64.8 Å². The van der Waals surface area contributed by atoms with Crippen LogP contribution in [-0.4, -0.2) is 26.2 Å². The van der Waals surface area contributed by atoms with Crippen LogP contribution < -0.4 is 0 Å². The van der Waals surface area contributed by atoms with Gasteiger partial charge in [-0.3, -0.25) is 0 Å². The second-order valence-electron chi connectivity index (χ2n) is 8.45. The Bertz CT molecular complexity index is 1410. The molecule has 5 nitrogen and oxygen atoms in total. The van der Waals surface area contributed by atoms with Gasteiger partial charge in [0.05, 0.1) is 21.2 Å². The number of thioether (sulfide) groups is 1. The summed E-state index contributed by atoms with van der Waals surface area (Å²) in [6, 6.07) is 8.66. The van der Waals surface area contributed by atoms with E-state index in [-0.39, 0.29) is 17.2 Å². The Kier molecular flexibility index (Phi) is 8.73. The summed E-state index contributed by atoms with van der Waals surface area (Å²) in [5.41, 5.74) is 4.21. The highest BCUT2D eigenvalue weighted by Gasteiger charge is 2.30. The number of aromatic nitrogens is 3. The molecule has 0 N–H and O–H groups in total. The van der Waals surface area contributed by atoms with E-state index in [0.717, 1.165) is 33.2 Å². The molecule has 0 saturated heterocycles. The second-order valence-corrected chi connectivity index (χ2v) is 11.3. The lowest BCUT2D eigenvalue weighted by Crippen LogP contribution is -2.04. The molecule has 0 spiro atoms. The van der Waals surface area contributed by atoms with Gasteiger partial charge in [-0.2, -0.15) is 27.9 Å². The number of carbonyl (C=O) groups excluding carboxylic acids is 2. The van der Waals surface area contributed by atoms with Crippen molar-refractivity contribution in [3.8, 4) is 27.5 Å². The fourth-order valence-corrected chi connectivity index (χ4v) is 6.08. The summed E-state index contributed by atoms with van der Waals surface area (Å²) in [4.78, 5) is 21.0. The average Bonchev–Trinajstić information content (AvgIpc) is 3.40. The zero-order valence-electron chi connectivity index (χ0n) is 20.6. The third kappa shape index (κ3) is 6.54. The van der Waals surface area contributed by atoms with Crippen molar-refractivity contribution in [3.63, 3.8) is 0 Å². The van der Waals surface area contributed by atoms with Gasteiger partial charge in [-0.05, 0) is 61.7 Å². The Balaban J connectivity index is 0.00000121. The van der Waals surface area contributed by atoms with E-state index in [1.54, 1.807) is 42.4 Å². The van der Waals surface area contributed by atoms with Gasteiger partial charge in [0, 0.05) is 22.6 Å². The minimum atomic E-state index is -4.39. The molecule has 2 aromatic heterocycles. The first-order valence-electron chi connectivity index (χ1n) is 11.0. The van der Waals surface area contributed by atoms with Gasteiger partial charge in [-0.25, -0.2) is 14.1 Å². The van der Waals surface area contributed by atoms with Crippen LogP contribution in [0.25, 0.3) is 27.5 Å². The fraction of sp³-hybridized carbons (Fsp3) is 0.269. The molecule has 37 heavy (non-hydrogen) atoms. The fourth-order valence-electron chi connectivity index (χ4n) is 3.63. The number of benzene rings is 2. The van der Waals surface area contributed by atoms with Crippen LogP contribution in [0.15, 0.2) is 46.8 Å². The van der Waals surface area contributed by atoms with Crippen LogP contribution in [0.2, 0.25) is 0 Å². The SMILES string of the molecule is Cc1cc(-c2cn(-c3nc(-c4ccc(C(F)(F)F)cc4)c(SC(C)C)s3)nc2C)cc(C)c1F.O=C=O. The van der Waals surface area contributed by atoms with E-state index < -0.39 is 11.7 Å². The first-order valence-corrected chi connectivity index (χ1v) is 12.7. The first kappa shape index (κ1) is 28.3. The molecule has 0 bridgehead atoms. The summed E-state index contributed by atoms with van der Waals surface area (Å²) in [5.74, 6) is -0.217. The molecule has 4 rings (SSSR count). The summed E-state index contributed by atoms with van der Waals surface area (Å²) >= 11 is 3.05. The first-order chi connectivity index (χ1) is 17.3. The number of aryl methyl sites for hydroxylation is 3. The Morgan fingerprint density at radius 2 is 1.57 bits per heavy atom. The van der Waals surface area contributed by atoms with E-state index >= 15 is 0 Å². The number of alkyl halides is 3. The average molecular weight is 550 g/mol. The Labute approximate surface area is 219 Å². The maximum absolute atomic E-state index is 14.1. The van der Waals surface area contributed by atoms with E-state index in [0.29, 0.717) is 27.5 Å². The van der Waals surface area contributed by atoms with E-state index in [1.807, 2.05) is 13.1 Å². The van der Waals surface area contributed by atoms with Gasteiger partial charge < -0.3 is 0 Å². The predicted molar refractivity (Wildman–Crippen MR) is 135 cm³/mol. The van der Waals surface area contributed by atoms with Crippen molar-refractivity contribution in [2.24, 2.45) is 0 Å². The number of thiazole rings is 1. The maximum Gasteiger partial charge on any atom is 0.416 e. The van der Waals surface area contributed by atoms with Gasteiger partial charge in [0.2, 0.25) is 5.13 Å². The molecular formula is C26H23F4N3O2S2. The van der Waals surface area contributed by atoms with Crippen molar-refractivity contribution in [1.82, 2.24) is 14.8 Å². The molecular weight excluding hydrogens is 526 g/mol. The Hall–Kier alpha value is -3.27. The van der Waals surface area contributed by atoms with Gasteiger partial charge in [-0.15, -0.1) is 11.8 Å². The summed E-state index contributed by atoms with van der Waals surface area (Å²) < 4.78 is 55.7. The molecule has 0 amide bonds. The highest BCUT2D eigenvalue weighted by atomic mass is 32.2. The number of rotatable bonds is 5. The van der Waals surface area contributed by atoms with E-state index in [4.69, 9.17) is 14.6 Å². The molecule has 0 radical (unpaired) electrons. The molecule has 0 atom stereocenters. The minimum Gasteiger partial charge on any atom is -0.217 e. The van der Waals surface area contributed by atoms with Gasteiger partial charge in [0.15, 0.2) is 0 Å². The number of hydrogen-bond acceptors (Lipinski definition) is 6. The van der Waals surface area contributed by atoms with Crippen molar-refractivity contribution < 1.29 is 27.2 Å². The molecule has 194 valence electrons. The molecule has 11 heteroatoms. The smallest absolute Gasteiger partial charge is 0.217 e. The highest BCUT2D eigenvalue weighted by molar-refractivity contribution is 8.01. The highest BCUT2D eigenvalue weighted by Crippen LogP contribution is 2.41. The molecule has 0 aliphatic heterocycles. The van der Waals surface area contributed by atoms with Crippen molar-refractivity contribution in [3.05, 3.63) is 70.8 Å². The van der Waals surface area contributed by atoms with Crippen molar-refractivity contribution in [2.45, 2.75) is 50.3 Å². The summed E-state index contributed by atoms with van der Waals surface area (Å²) in [7, 11) is 0. The third-order valence-electron chi connectivity index (χ3n) is 5.26. The van der Waals surface area contributed by atoms with Crippen LogP contribution in [0.1, 0.15) is 36.2 Å². The molecule has 2 aromatic carbocycles. The van der Waals surface area contributed by atoms with Crippen molar-refractivity contribution in [2.75, 3.05) is 0 Å².